The number of benzene rings is 1. The topological polar surface area (TPSA) is 70.4 Å². The molecule has 1 amide bonds. The minimum Gasteiger partial charge on any atom is -0.342 e. The number of anilines is 1. The van der Waals surface area contributed by atoms with Crippen LogP contribution < -0.4 is 4.90 Å². The monoisotopic (exact) mass is 409 g/mol. The van der Waals surface area contributed by atoms with Gasteiger partial charge >= 0.3 is 0 Å². The van der Waals surface area contributed by atoms with Crippen LogP contribution in [0.25, 0.3) is 5.69 Å². The van der Waals surface area contributed by atoms with Crippen LogP contribution in [0.3, 0.4) is 0 Å². The van der Waals surface area contributed by atoms with Gasteiger partial charge in [0, 0.05) is 38.8 Å². The molecule has 1 aromatic carbocycles. The molecule has 2 aromatic rings. The summed E-state index contributed by atoms with van der Waals surface area (Å²) in [5.74, 6) is 1.41. The van der Waals surface area contributed by atoms with Gasteiger partial charge in [0.2, 0.25) is 11.9 Å². The summed E-state index contributed by atoms with van der Waals surface area (Å²) >= 11 is 0. The van der Waals surface area contributed by atoms with Gasteiger partial charge in [-0.3, -0.25) is 9.69 Å². The molecule has 0 radical (unpaired) electrons. The van der Waals surface area contributed by atoms with Gasteiger partial charge in [-0.2, -0.15) is 4.68 Å². The average molecular weight is 410 g/mol. The predicted molar refractivity (Wildman–Crippen MR) is 115 cm³/mol. The third-order valence-electron chi connectivity index (χ3n) is 6.94. The van der Waals surface area contributed by atoms with Crippen LogP contribution in [0.2, 0.25) is 0 Å². The van der Waals surface area contributed by atoms with E-state index in [0.29, 0.717) is 11.9 Å². The lowest BCUT2D eigenvalue weighted by atomic mass is 9.93. The smallest absolute Gasteiger partial charge is 0.250 e. The van der Waals surface area contributed by atoms with Crippen molar-refractivity contribution in [2.24, 2.45) is 5.92 Å². The SMILES string of the molecule is O=C([C@H]1CCCN(C2CCN(c3nnnn3-c3ccccc3)CC2)C1)N1CCCC1. The van der Waals surface area contributed by atoms with Gasteiger partial charge in [-0.15, -0.1) is 0 Å². The first kappa shape index (κ1) is 19.5. The Bertz CT molecular complexity index is 840. The molecule has 5 rings (SSSR count). The van der Waals surface area contributed by atoms with E-state index in [0.717, 1.165) is 76.6 Å². The minimum atomic E-state index is 0.195. The molecule has 160 valence electrons. The number of hydrogen-bond donors (Lipinski definition) is 0. The van der Waals surface area contributed by atoms with Crippen molar-refractivity contribution in [3.8, 4) is 5.69 Å². The zero-order chi connectivity index (χ0) is 20.3. The summed E-state index contributed by atoms with van der Waals surface area (Å²) in [4.78, 5) is 19.8. The van der Waals surface area contributed by atoms with Crippen LogP contribution in [0, 0.1) is 5.92 Å². The number of likely N-dealkylation sites (tertiary alicyclic amines) is 2. The van der Waals surface area contributed by atoms with Crippen molar-refractivity contribution in [3.05, 3.63) is 30.3 Å². The van der Waals surface area contributed by atoms with Crippen molar-refractivity contribution in [3.63, 3.8) is 0 Å². The first-order chi connectivity index (χ1) is 14.8. The second-order valence-electron chi connectivity index (χ2n) is 8.81. The van der Waals surface area contributed by atoms with Gasteiger partial charge in [-0.25, -0.2) is 0 Å². The summed E-state index contributed by atoms with van der Waals surface area (Å²) < 4.78 is 1.83. The Balaban J connectivity index is 1.19. The van der Waals surface area contributed by atoms with E-state index in [2.05, 4.69) is 30.2 Å². The van der Waals surface area contributed by atoms with E-state index in [1.165, 1.54) is 12.8 Å². The van der Waals surface area contributed by atoms with E-state index < -0.39 is 0 Å². The van der Waals surface area contributed by atoms with Gasteiger partial charge < -0.3 is 9.80 Å². The first-order valence-electron chi connectivity index (χ1n) is 11.4. The maximum atomic E-state index is 12.9. The Morgan fingerprint density at radius 3 is 2.43 bits per heavy atom. The second-order valence-corrected chi connectivity index (χ2v) is 8.81. The van der Waals surface area contributed by atoms with E-state index in [1.807, 2.05) is 35.0 Å². The quantitative estimate of drug-likeness (QED) is 0.769. The Kier molecular flexibility index (Phi) is 5.66. The van der Waals surface area contributed by atoms with Crippen LogP contribution in [0.15, 0.2) is 30.3 Å². The molecular formula is C22H31N7O. The highest BCUT2D eigenvalue weighted by molar-refractivity contribution is 5.79. The zero-order valence-corrected chi connectivity index (χ0v) is 17.6. The number of carbonyl (C=O) groups excluding carboxylic acids is 1. The molecule has 3 fully saturated rings. The Morgan fingerprint density at radius 2 is 1.67 bits per heavy atom. The molecule has 0 unspecified atom stereocenters. The van der Waals surface area contributed by atoms with Crippen LogP contribution in [0.5, 0.6) is 0 Å². The summed E-state index contributed by atoms with van der Waals surface area (Å²) in [6, 6.07) is 10.6. The molecule has 3 saturated heterocycles. The lowest BCUT2D eigenvalue weighted by Crippen LogP contribution is -2.51. The number of nitrogens with zero attached hydrogens (tertiary/aromatic N) is 7. The molecule has 0 bridgehead atoms. The van der Waals surface area contributed by atoms with Crippen molar-refractivity contribution in [1.29, 1.82) is 0 Å². The van der Waals surface area contributed by atoms with Gasteiger partial charge in [-0.1, -0.05) is 23.3 Å². The fourth-order valence-corrected chi connectivity index (χ4v) is 5.28. The van der Waals surface area contributed by atoms with E-state index >= 15 is 0 Å². The number of rotatable bonds is 4. The number of tetrazole rings is 1. The highest BCUT2D eigenvalue weighted by Crippen LogP contribution is 2.27. The molecule has 8 nitrogen and oxygen atoms in total. The maximum Gasteiger partial charge on any atom is 0.250 e. The Hall–Kier alpha value is -2.48. The van der Waals surface area contributed by atoms with Crippen molar-refractivity contribution in [1.82, 2.24) is 30.0 Å². The molecule has 8 heteroatoms. The predicted octanol–water partition coefficient (Wildman–Crippen LogP) is 1.97. The van der Waals surface area contributed by atoms with Gasteiger partial charge in [-0.05, 0) is 67.6 Å². The summed E-state index contributed by atoms with van der Waals surface area (Å²) in [5, 5.41) is 12.4. The summed E-state index contributed by atoms with van der Waals surface area (Å²) in [6.45, 7) is 5.86. The zero-order valence-electron chi connectivity index (χ0n) is 17.6. The Labute approximate surface area is 177 Å². The number of piperidine rings is 2. The average Bonchev–Trinajstić information content (AvgIpc) is 3.52. The summed E-state index contributed by atoms with van der Waals surface area (Å²) in [6.07, 6.45) is 6.71. The van der Waals surface area contributed by atoms with Crippen molar-refractivity contribution >= 4 is 11.9 Å². The van der Waals surface area contributed by atoms with Gasteiger partial charge in [0.25, 0.3) is 0 Å². The van der Waals surface area contributed by atoms with Crippen molar-refractivity contribution < 1.29 is 4.79 Å². The fraction of sp³-hybridized carbons (Fsp3) is 0.636. The first-order valence-corrected chi connectivity index (χ1v) is 11.4. The lowest BCUT2D eigenvalue weighted by Gasteiger charge is -2.42. The summed E-state index contributed by atoms with van der Waals surface area (Å²) in [7, 11) is 0. The highest BCUT2D eigenvalue weighted by Gasteiger charge is 2.34. The molecule has 0 spiro atoms. The van der Waals surface area contributed by atoms with E-state index in [-0.39, 0.29) is 5.92 Å². The van der Waals surface area contributed by atoms with Crippen LogP contribution in [-0.4, -0.2) is 81.2 Å². The number of carbonyl (C=O) groups is 1. The molecule has 3 aliphatic heterocycles. The molecule has 4 heterocycles. The summed E-state index contributed by atoms with van der Waals surface area (Å²) in [5.41, 5.74) is 0.985. The normalized spacial score (nSPS) is 23.8. The van der Waals surface area contributed by atoms with Gasteiger partial charge in [0.15, 0.2) is 0 Å². The van der Waals surface area contributed by atoms with Crippen molar-refractivity contribution in [2.75, 3.05) is 44.2 Å². The van der Waals surface area contributed by atoms with Gasteiger partial charge in [0.05, 0.1) is 11.6 Å². The number of para-hydroxylation sites is 1. The third-order valence-corrected chi connectivity index (χ3v) is 6.94. The molecule has 0 saturated carbocycles. The number of hydrogen-bond acceptors (Lipinski definition) is 6. The maximum absolute atomic E-state index is 12.9. The molecule has 3 aliphatic rings. The molecule has 1 aromatic heterocycles. The van der Waals surface area contributed by atoms with Crippen molar-refractivity contribution in [2.45, 2.75) is 44.6 Å². The highest BCUT2D eigenvalue weighted by atomic mass is 16.2. The van der Waals surface area contributed by atoms with Crippen LogP contribution >= 0.6 is 0 Å². The van der Waals surface area contributed by atoms with E-state index in [9.17, 15) is 4.79 Å². The number of amides is 1. The lowest BCUT2D eigenvalue weighted by molar-refractivity contribution is -0.136. The van der Waals surface area contributed by atoms with Crippen LogP contribution in [0.4, 0.5) is 5.95 Å². The van der Waals surface area contributed by atoms with E-state index in [4.69, 9.17) is 0 Å². The standard InChI is InChI=1S/C22H31N7O/c30-21(26-12-4-5-13-26)18-7-6-14-28(17-18)19-10-15-27(16-11-19)22-23-24-25-29(22)20-8-2-1-3-9-20/h1-3,8-9,18-19H,4-7,10-17H2/t18-/m0/s1. The van der Waals surface area contributed by atoms with Gasteiger partial charge in [0.1, 0.15) is 0 Å². The Morgan fingerprint density at radius 1 is 0.900 bits per heavy atom. The largest absolute Gasteiger partial charge is 0.342 e. The second kappa shape index (κ2) is 8.71. The number of aromatic nitrogens is 4. The van der Waals surface area contributed by atoms with Crippen LogP contribution in [0.1, 0.15) is 38.5 Å². The third kappa shape index (κ3) is 3.93. The van der Waals surface area contributed by atoms with Crippen LogP contribution in [-0.2, 0) is 4.79 Å². The molecule has 0 aliphatic carbocycles. The van der Waals surface area contributed by atoms with E-state index in [1.54, 1.807) is 0 Å². The molecule has 1 atom stereocenters. The minimum absolute atomic E-state index is 0.195. The molecular weight excluding hydrogens is 378 g/mol. The fourth-order valence-electron chi connectivity index (χ4n) is 5.28. The molecule has 0 N–H and O–H groups in total. The molecule has 30 heavy (non-hydrogen) atoms.